The number of halogens is 2. The SMILES string of the molecule is CC(C)C(=O)NCc1ccc(F)c(-c2nc(-c3ccc(C#CC4CC4)cn3)cc(=O)[nH]2)c1F. The van der Waals surface area contributed by atoms with Gasteiger partial charge in [-0.25, -0.2) is 13.8 Å². The van der Waals surface area contributed by atoms with Crippen molar-refractivity contribution in [3.63, 3.8) is 0 Å². The van der Waals surface area contributed by atoms with Crippen molar-refractivity contribution in [3.8, 4) is 34.6 Å². The highest BCUT2D eigenvalue weighted by molar-refractivity contribution is 5.77. The molecule has 0 radical (unpaired) electrons. The van der Waals surface area contributed by atoms with Gasteiger partial charge in [-0.15, -0.1) is 0 Å². The summed E-state index contributed by atoms with van der Waals surface area (Å²) in [6.07, 6.45) is 3.82. The van der Waals surface area contributed by atoms with Crippen LogP contribution in [-0.4, -0.2) is 20.9 Å². The number of nitrogens with zero attached hydrogens (tertiary/aromatic N) is 2. The van der Waals surface area contributed by atoms with Crippen LogP contribution in [0.1, 0.15) is 37.8 Å². The van der Waals surface area contributed by atoms with E-state index in [4.69, 9.17) is 0 Å². The quantitative estimate of drug-likeness (QED) is 0.581. The van der Waals surface area contributed by atoms with Gasteiger partial charge in [-0.2, -0.15) is 0 Å². The molecule has 1 aromatic carbocycles. The molecule has 2 heterocycles. The van der Waals surface area contributed by atoms with E-state index in [0.29, 0.717) is 11.6 Å². The van der Waals surface area contributed by atoms with E-state index in [9.17, 15) is 14.0 Å². The van der Waals surface area contributed by atoms with Crippen LogP contribution in [0.15, 0.2) is 41.3 Å². The van der Waals surface area contributed by atoms with Gasteiger partial charge in [0.2, 0.25) is 5.91 Å². The lowest BCUT2D eigenvalue weighted by Gasteiger charge is -2.12. The predicted octanol–water partition coefficient (Wildman–Crippen LogP) is 3.81. The van der Waals surface area contributed by atoms with Crippen LogP contribution in [0.3, 0.4) is 0 Å². The maximum Gasteiger partial charge on any atom is 0.251 e. The molecule has 3 aromatic rings. The summed E-state index contributed by atoms with van der Waals surface area (Å²) < 4.78 is 29.8. The van der Waals surface area contributed by atoms with Gasteiger partial charge in [0.25, 0.3) is 5.56 Å². The standard InChI is InChI=1S/C25H22F2N4O2/c1-14(2)25(33)29-13-17-8-9-18(26)22(23(17)27)24-30-20(11-21(32)31-24)19-10-7-16(12-28-19)6-5-15-3-4-15/h7-12,14-15H,3-4,13H2,1-2H3,(H,29,33)(H,30,31,32). The van der Waals surface area contributed by atoms with Crippen molar-refractivity contribution in [2.45, 2.75) is 33.2 Å². The lowest BCUT2D eigenvalue weighted by molar-refractivity contribution is -0.124. The van der Waals surface area contributed by atoms with E-state index in [-0.39, 0.29) is 35.5 Å². The Hall–Kier alpha value is -3.86. The Morgan fingerprint density at radius 1 is 1.21 bits per heavy atom. The number of H-pyrrole nitrogens is 1. The van der Waals surface area contributed by atoms with Gasteiger partial charge in [0.15, 0.2) is 0 Å². The molecule has 6 nitrogen and oxygen atoms in total. The third-order valence-electron chi connectivity index (χ3n) is 5.15. The summed E-state index contributed by atoms with van der Waals surface area (Å²) in [7, 11) is 0. The Balaban J connectivity index is 1.66. The number of rotatable bonds is 5. The molecular weight excluding hydrogens is 426 g/mol. The molecule has 0 unspecified atom stereocenters. The Kier molecular flexibility index (Phi) is 6.31. The number of carbonyl (C=O) groups excluding carboxylic acids is 1. The van der Waals surface area contributed by atoms with E-state index in [2.05, 4.69) is 32.1 Å². The molecule has 4 rings (SSSR count). The van der Waals surface area contributed by atoms with Crippen LogP contribution in [0, 0.1) is 35.3 Å². The first-order valence-electron chi connectivity index (χ1n) is 10.7. The van der Waals surface area contributed by atoms with Crippen LogP contribution in [0.5, 0.6) is 0 Å². The van der Waals surface area contributed by atoms with Crippen molar-refractivity contribution in [2.24, 2.45) is 11.8 Å². The first-order chi connectivity index (χ1) is 15.8. The first kappa shape index (κ1) is 22.3. The Labute approximate surface area is 189 Å². The second kappa shape index (κ2) is 9.33. The number of amides is 1. The topological polar surface area (TPSA) is 87.7 Å². The molecule has 0 saturated heterocycles. The fourth-order valence-corrected chi connectivity index (χ4v) is 3.08. The molecule has 0 spiro atoms. The van der Waals surface area contributed by atoms with Crippen LogP contribution in [0.4, 0.5) is 8.78 Å². The van der Waals surface area contributed by atoms with Crippen molar-refractivity contribution in [1.82, 2.24) is 20.3 Å². The number of hydrogen-bond donors (Lipinski definition) is 2. The highest BCUT2D eigenvalue weighted by atomic mass is 19.1. The average Bonchev–Trinajstić information content (AvgIpc) is 3.61. The number of aromatic amines is 1. The number of pyridine rings is 1. The summed E-state index contributed by atoms with van der Waals surface area (Å²) in [6, 6.07) is 6.96. The van der Waals surface area contributed by atoms with Gasteiger partial charge in [0.1, 0.15) is 17.5 Å². The summed E-state index contributed by atoms with van der Waals surface area (Å²) in [5.41, 5.74) is 0.311. The zero-order valence-electron chi connectivity index (χ0n) is 18.2. The average molecular weight is 448 g/mol. The van der Waals surface area contributed by atoms with Crippen molar-refractivity contribution in [3.05, 3.63) is 69.6 Å². The van der Waals surface area contributed by atoms with E-state index in [1.165, 1.54) is 12.1 Å². The van der Waals surface area contributed by atoms with E-state index in [1.54, 1.807) is 32.2 Å². The van der Waals surface area contributed by atoms with E-state index in [1.807, 2.05) is 0 Å². The molecule has 1 amide bonds. The van der Waals surface area contributed by atoms with Gasteiger partial charge < -0.3 is 10.3 Å². The van der Waals surface area contributed by atoms with Crippen LogP contribution in [-0.2, 0) is 11.3 Å². The van der Waals surface area contributed by atoms with Crippen LogP contribution >= 0.6 is 0 Å². The normalized spacial score (nSPS) is 12.9. The van der Waals surface area contributed by atoms with E-state index < -0.39 is 22.8 Å². The minimum atomic E-state index is -0.905. The zero-order chi connectivity index (χ0) is 23.5. The van der Waals surface area contributed by atoms with Crippen LogP contribution in [0.25, 0.3) is 22.8 Å². The molecule has 1 aliphatic carbocycles. The molecule has 33 heavy (non-hydrogen) atoms. The maximum atomic E-state index is 15.2. The minimum Gasteiger partial charge on any atom is -0.352 e. The van der Waals surface area contributed by atoms with E-state index in [0.717, 1.165) is 24.5 Å². The fraction of sp³-hybridized carbons (Fsp3) is 0.280. The summed E-state index contributed by atoms with van der Waals surface area (Å²) in [6.45, 7) is 3.30. The molecule has 0 atom stereocenters. The molecule has 0 bridgehead atoms. The summed E-state index contributed by atoms with van der Waals surface area (Å²) in [4.78, 5) is 35.0. The third-order valence-corrected chi connectivity index (χ3v) is 5.15. The Morgan fingerprint density at radius 2 is 2.00 bits per heavy atom. The van der Waals surface area contributed by atoms with Crippen molar-refractivity contribution < 1.29 is 13.6 Å². The Bertz CT molecular complexity index is 1320. The number of benzene rings is 1. The number of carbonyl (C=O) groups is 1. The monoisotopic (exact) mass is 448 g/mol. The summed E-state index contributed by atoms with van der Waals surface area (Å²) in [5.74, 6) is 4.07. The van der Waals surface area contributed by atoms with Gasteiger partial charge >= 0.3 is 0 Å². The number of hydrogen-bond acceptors (Lipinski definition) is 4. The minimum absolute atomic E-state index is 0.0742. The molecule has 1 fully saturated rings. The van der Waals surface area contributed by atoms with Crippen LogP contribution in [0.2, 0.25) is 0 Å². The molecule has 1 aliphatic rings. The zero-order valence-corrected chi connectivity index (χ0v) is 18.2. The largest absolute Gasteiger partial charge is 0.352 e. The molecule has 2 aromatic heterocycles. The molecule has 168 valence electrons. The van der Waals surface area contributed by atoms with Gasteiger partial charge in [0, 0.05) is 41.8 Å². The summed E-state index contributed by atoms with van der Waals surface area (Å²) >= 11 is 0. The molecule has 8 heteroatoms. The lowest BCUT2D eigenvalue weighted by atomic mass is 10.1. The molecular formula is C25H22F2N4O2. The van der Waals surface area contributed by atoms with Crippen molar-refractivity contribution >= 4 is 5.91 Å². The first-order valence-corrected chi connectivity index (χ1v) is 10.7. The highest BCUT2D eigenvalue weighted by Gasteiger charge is 2.20. The van der Waals surface area contributed by atoms with Crippen molar-refractivity contribution in [1.29, 1.82) is 0 Å². The summed E-state index contributed by atoms with van der Waals surface area (Å²) in [5, 5.41) is 2.60. The molecule has 0 aliphatic heterocycles. The maximum absolute atomic E-state index is 15.2. The molecule has 1 saturated carbocycles. The second-order valence-electron chi connectivity index (χ2n) is 8.22. The fourth-order valence-electron chi connectivity index (χ4n) is 3.08. The van der Waals surface area contributed by atoms with Crippen molar-refractivity contribution in [2.75, 3.05) is 0 Å². The third kappa shape index (κ3) is 5.32. The van der Waals surface area contributed by atoms with Gasteiger partial charge in [-0.05, 0) is 31.0 Å². The van der Waals surface area contributed by atoms with E-state index >= 15 is 4.39 Å². The van der Waals surface area contributed by atoms with Gasteiger partial charge in [-0.1, -0.05) is 31.8 Å². The highest BCUT2D eigenvalue weighted by Crippen LogP contribution is 2.28. The predicted molar refractivity (Wildman–Crippen MR) is 120 cm³/mol. The van der Waals surface area contributed by atoms with Gasteiger partial charge in [-0.3, -0.25) is 14.6 Å². The lowest BCUT2D eigenvalue weighted by Crippen LogP contribution is -2.27. The Morgan fingerprint density at radius 3 is 2.67 bits per heavy atom. The second-order valence-corrected chi connectivity index (χ2v) is 8.22. The number of nitrogens with one attached hydrogen (secondary N) is 2. The van der Waals surface area contributed by atoms with Gasteiger partial charge in [0.05, 0.1) is 17.0 Å². The smallest absolute Gasteiger partial charge is 0.251 e. The number of aromatic nitrogens is 3. The molecule has 2 N–H and O–H groups in total. The van der Waals surface area contributed by atoms with Crippen LogP contribution < -0.4 is 10.9 Å².